The van der Waals surface area contributed by atoms with E-state index in [4.69, 9.17) is 0 Å². The first-order valence-electron chi connectivity index (χ1n) is 7.92. The molecule has 6 nitrogen and oxygen atoms in total. The van der Waals surface area contributed by atoms with Gasteiger partial charge in [-0.2, -0.15) is 0 Å². The van der Waals surface area contributed by atoms with Crippen LogP contribution >= 0.6 is 0 Å². The summed E-state index contributed by atoms with van der Waals surface area (Å²) >= 11 is 0. The minimum absolute atomic E-state index is 0.168. The first-order chi connectivity index (χ1) is 12.7. The lowest BCUT2D eigenvalue weighted by molar-refractivity contribution is 0.0979. The molecule has 4 rings (SSSR count). The molecule has 126 valence electrons. The van der Waals surface area contributed by atoms with Gasteiger partial charge < -0.3 is 10.4 Å². The van der Waals surface area contributed by atoms with E-state index in [2.05, 4.69) is 10.3 Å². The Labute approximate surface area is 149 Å². The molecule has 0 unspecified atom stereocenters. The molecular formula is C20H12N3O3-. The van der Waals surface area contributed by atoms with Gasteiger partial charge in [0.2, 0.25) is 0 Å². The van der Waals surface area contributed by atoms with E-state index in [9.17, 15) is 14.8 Å². The van der Waals surface area contributed by atoms with Crippen molar-refractivity contribution in [3.8, 4) is 0 Å². The number of ketones is 2. The molecule has 0 saturated carbocycles. The average molecular weight is 342 g/mol. The first-order valence-corrected chi connectivity index (χ1v) is 7.92. The molecule has 0 atom stereocenters. The van der Waals surface area contributed by atoms with Crippen molar-refractivity contribution >= 4 is 22.9 Å². The maximum absolute atomic E-state index is 12.8. The van der Waals surface area contributed by atoms with Crippen LogP contribution in [-0.4, -0.2) is 11.6 Å². The molecule has 0 aliphatic heterocycles. The second-order valence-electron chi connectivity index (χ2n) is 5.70. The maximum atomic E-state index is 12.8. The van der Waals surface area contributed by atoms with Crippen molar-refractivity contribution in [1.29, 1.82) is 0 Å². The zero-order chi connectivity index (χ0) is 18.1. The van der Waals surface area contributed by atoms with E-state index in [1.54, 1.807) is 72.8 Å². The molecule has 0 bridgehead atoms. The van der Waals surface area contributed by atoms with E-state index < -0.39 is 0 Å². The summed E-state index contributed by atoms with van der Waals surface area (Å²) in [4.78, 5) is 25.5. The largest absolute Gasteiger partial charge is 0.736 e. The highest BCUT2D eigenvalue weighted by molar-refractivity contribution is 6.29. The zero-order valence-corrected chi connectivity index (χ0v) is 13.5. The number of carbonyl (C=O) groups excluding carboxylic acids is 2. The van der Waals surface area contributed by atoms with Crippen LogP contribution in [-0.2, 0) is 0 Å². The Morgan fingerprint density at radius 2 is 1.31 bits per heavy atom. The Kier molecular flexibility index (Phi) is 3.87. The fourth-order valence-corrected chi connectivity index (χ4v) is 2.91. The van der Waals surface area contributed by atoms with Gasteiger partial charge in [-0.1, -0.05) is 59.8 Å². The summed E-state index contributed by atoms with van der Waals surface area (Å²) < 4.78 is 0. The normalized spacial score (nSPS) is 12.8. The number of hydrogen-bond acceptors (Lipinski definition) is 5. The molecule has 3 aromatic carbocycles. The van der Waals surface area contributed by atoms with Gasteiger partial charge in [-0.05, 0) is 18.2 Å². The van der Waals surface area contributed by atoms with Crippen LogP contribution in [0.15, 0.2) is 83.1 Å². The molecule has 0 amide bonds. The zero-order valence-electron chi connectivity index (χ0n) is 13.5. The molecule has 1 aliphatic rings. The maximum Gasteiger partial charge on any atom is 0.196 e. The molecule has 6 heteroatoms. The number of hydrogen-bond donors (Lipinski definition) is 0. The van der Waals surface area contributed by atoms with Gasteiger partial charge in [-0.3, -0.25) is 9.59 Å². The number of carbonyl (C=O) groups is 2. The summed E-state index contributed by atoms with van der Waals surface area (Å²) in [6.07, 6.45) is 0. The molecule has 3 aromatic rings. The van der Waals surface area contributed by atoms with Crippen LogP contribution in [0.4, 0.5) is 11.4 Å². The number of rotatable bonds is 3. The Morgan fingerprint density at radius 1 is 0.692 bits per heavy atom. The fraction of sp³-hybridized carbons (Fsp3) is 0. The molecule has 26 heavy (non-hydrogen) atoms. The first kappa shape index (κ1) is 15.9. The number of anilines is 1. The van der Waals surface area contributed by atoms with E-state index in [1.165, 1.54) is 0 Å². The van der Waals surface area contributed by atoms with Crippen LogP contribution in [0.5, 0.6) is 0 Å². The third kappa shape index (κ3) is 2.58. The van der Waals surface area contributed by atoms with E-state index in [-0.39, 0.29) is 28.4 Å². The van der Waals surface area contributed by atoms with Crippen LogP contribution in [0, 0.1) is 5.21 Å². The quantitative estimate of drug-likeness (QED) is 0.406. The number of benzene rings is 3. The highest BCUT2D eigenvalue weighted by atomic mass is 16.5. The van der Waals surface area contributed by atoms with Gasteiger partial charge in [0.05, 0.1) is 11.3 Å². The van der Waals surface area contributed by atoms with E-state index >= 15 is 0 Å². The van der Waals surface area contributed by atoms with Crippen LogP contribution in [0.25, 0.3) is 0 Å². The second-order valence-corrected chi connectivity index (χ2v) is 5.70. The molecule has 1 aliphatic carbocycles. The molecule has 0 saturated heterocycles. The van der Waals surface area contributed by atoms with Gasteiger partial charge in [-0.15, -0.1) is 5.11 Å². The predicted molar refractivity (Wildman–Crippen MR) is 96.6 cm³/mol. The molecule has 0 aromatic heterocycles. The number of para-hydroxylation sites is 1. The Bertz CT molecular complexity index is 1050. The Balaban J connectivity index is 1.75. The monoisotopic (exact) mass is 342 g/mol. The smallest absolute Gasteiger partial charge is 0.196 e. The Morgan fingerprint density at radius 3 is 2.04 bits per heavy atom. The Hall–Kier alpha value is -3.64. The molecule has 0 fully saturated rings. The molecule has 0 N–H and O–H groups in total. The molecular weight excluding hydrogens is 330 g/mol. The van der Waals surface area contributed by atoms with E-state index in [0.29, 0.717) is 22.0 Å². The predicted octanol–water partition coefficient (Wildman–Crippen LogP) is 4.47. The van der Waals surface area contributed by atoms with Gasteiger partial charge in [0, 0.05) is 22.4 Å². The van der Waals surface area contributed by atoms with Crippen LogP contribution in [0.1, 0.15) is 31.8 Å². The van der Waals surface area contributed by atoms with Crippen molar-refractivity contribution in [2.45, 2.75) is 0 Å². The topological polar surface area (TPSA) is 85.2 Å². The third-order valence-corrected chi connectivity index (χ3v) is 4.14. The minimum atomic E-state index is -0.304. The van der Waals surface area contributed by atoms with Gasteiger partial charge in [0.25, 0.3) is 0 Å². The summed E-state index contributed by atoms with van der Waals surface area (Å²) in [5.41, 5.74) is 1.63. The molecule has 0 radical (unpaired) electrons. The standard InChI is InChI=1S/C20H12N3O3/c24-19-14-9-4-5-10-15(14)20(25)18-16(19)11-6-12-17(18)21-22-23(26)13-7-2-1-3-8-13/h1-12H/q-1. The lowest BCUT2D eigenvalue weighted by Gasteiger charge is -2.22. The number of nitrogens with zero attached hydrogens (tertiary/aromatic N) is 3. The lowest BCUT2D eigenvalue weighted by atomic mass is 9.83. The summed E-state index contributed by atoms with van der Waals surface area (Å²) in [6.45, 7) is 0. The van der Waals surface area contributed by atoms with Gasteiger partial charge in [0.15, 0.2) is 11.6 Å². The average Bonchev–Trinajstić information content (AvgIpc) is 2.70. The van der Waals surface area contributed by atoms with Crippen molar-refractivity contribution < 1.29 is 9.59 Å². The summed E-state index contributed by atoms with van der Waals surface area (Å²) in [5, 5.41) is 19.9. The van der Waals surface area contributed by atoms with Crippen molar-refractivity contribution in [2.75, 3.05) is 5.17 Å². The third-order valence-electron chi connectivity index (χ3n) is 4.14. The lowest BCUT2D eigenvalue weighted by Crippen LogP contribution is -2.20. The minimum Gasteiger partial charge on any atom is -0.736 e. The van der Waals surface area contributed by atoms with Gasteiger partial charge in [0.1, 0.15) is 0 Å². The van der Waals surface area contributed by atoms with Crippen molar-refractivity contribution in [1.82, 2.24) is 0 Å². The molecule has 0 spiro atoms. The van der Waals surface area contributed by atoms with Gasteiger partial charge >= 0.3 is 0 Å². The summed E-state index contributed by atoms with van der Waals surface area (Å²) in [6, 6.07) is 19.8. The van der Waals surface area contributed by atoms with Gasteiger partial charge in [-0.25, -0.2) is 0 Å². The van der Waals surface area contributed by atoms with Crippen molar-refractivity contribution in [3.05, 3.63) is 100 Å². The van der Waals surface area contributed by atoms with Crippen LogP contribution < -0.4 is 5.17 Å². The second kappa shape index (κ2) is 6.34. The van der Waals surface area contributed by atoms with Crippen molar-refractivity contribution in [3.63, 3.8) is 0 Å². The van der Waals surface area contributed by atoms with E-state index in [1.807, 2.05) is 0 Å². The molecule has 0 heterocycles. The highest BCUT2D eigenvalue weighted by Gasteiger charge is 2.31. The number of fused-ring (bicyclic) bond motifs is 2. The SMILES string of the molecule is O=C1c2ccccc2C(=O)c2c(N=NN([O-])c3ccccc3)cccc21. The summed E-state index contributed by atoms with van der Waals surface area (Å²) in [7, 11) is 0. The van der Waals surface area contributed by atoms with Crippen LogP contribution in [0.3, 0.4) is 0 Å². The van der Waals surface area contributed by atoms with Crippen LogP contribution in [0.2, 0.25) is 0 Å². The highest BCUT2D eigenvalue weighted by Crippen LogP contribution is 2.33. The summed E-state index contributed by atoms with van der Waals surface area (Å²) in [5.74, 6) is -0.545. The van der Waals surface area contributed by atoms with Crippen molar-refractivity contribution in [2.24, 2.45) is 10.3 Å². The van der Waals surface area contributed by atoms with E-state index in [0.717, 1.165) is 0 Å². The fourth-order valence-electron chi connectivity index (χ4n) is 2.91.